The van der Waals surface area contributed by atoms with Crippen molar-refractivity contribution in [3.05, 3.63) is 39.4 Å². The van der Waals surface area contributed by atoms with Gasteiger partial charge < -0.3 is 4.90 Å². The van der Waals surface area contributed by atoms with Gasteiger partial charge >= 0.3 is 0 Å². The minimum atomic E-state index is -0.995. The van der Waals surface area contributed by atoms with Gasteiger partial charge in [-0.1, -0.05) is 6.07 Å². The van der Waals surface area contributed by atoms with Crippen LogP contribution in [0.25, 0.3) is 0 Å². The lowest BCUT2D eigenvalue weighted by Crippen LogP contribution is -2.48. The third-order valence-corrected chi connectivity index (χ3v) is 3.69. The molecule has 0 spiro atoms. The van der Waals surface area contributed by atoms with Gasteiger partial charge in [0.05, 0.1) is 10.5 Å². The van der Waals surface area contributed by atoms with Gasteiger partial charge in [-0.25, -0.2) is 0 Å². The second-order valence-electron chi connectivity index (χ2n) is 5.12. The van der Waals surface area contributed by atoms with Crippen LogP contribution in [0.3, 0.4) is 0 Å². The summed E-state index contributed by atoms with van der Waals surface area (Å²) < 4.78 is 0. The van der Waals surface area contributed by atoms with Crippen LogP contribution in [-0.2, 0) is 9.59 Å². The Morgan fingerprint density at radius 3 is 2.29 bits per heavy atom. The number of nitro benzene ring substituents is 1. The first-order valence-corrected chi connectivity index (χ1v) is 6.91. The van der Waals surface area contributed by atoms with Gasteiger partial charge in [0.1, 0.15) is 11.6 Å². The van der Waals surface area contributed by atoms with E-state index >= 15 is 0 Å². The highest BCUT2D eigenvalue weighted by molar-refractivity contribution is 6.05. The van der Waals surface area contributed by atoms with E-state index in [2.05, 4.69) is 0 Å². The van der Waals surface area contributed by atoms with Crippen molar-refractivity contribution >= 4 is 29.7 Å². The van der Waals surface area contributed by atoms with E-state index in [1.54, 1.807) is 0 Å². The van der Waals surface area contributed by atoms with Gasteiger partial charge in [-0.05, 0) is 13.0 Å². The maximum absolute atomic E-state index is 12.5. The molecule has 1 aromatic carbocycles. The summed E-state index contributed by atoms with van der Waals surface area (Å²) in [7, 11) is 2.59. The minimum Gasteiger partial charge on any atom is -0.330 e. The van der Waals surface area contributed by atoms with E-state index < -0.39 is 34.4 Å². The van der Waals surface area contributed by atoms with E-state index in [-0.39, 0.29) is 17.4 Å². The zero-order chi connectivity index (χ0) is 18.6. The summed E-state index contributed by atoms with van der Waals surface area (Å²) in [4.78, 5) is 59.2. The number of nitro groups is 1. The topological polar surface area (TPSA) is 118 Å². The SMILES string of the molecule is CC(=O)N(C)C(=O)C(C)N(C)C(=O)c1cccc([N+](=O)[O-])c1C=O. The molecule has 0 aromatic heterocycles. The van der Waals surface area contributed by atoms with Crippen LogP contribution >= 0.6 is 0 Å². The van der Waals surface area contributed by atoms with Crippen molar-refractivity contribution < 1.29 is 24.1 Å². The number of carbonyl (C=O) groups is 4. The van der Waals surface area contributed by atoms with Gasteiger partial charge in [-0.2, -0.15) is 0 Å². The van der Waals surface area contributed by atoms with Gasteiger partial charge in [0.15, 0.2) is 6.29 Å². The molecule has 9 heteroatoms. The lowest BCUT2D eigenvalue weighted by atomic mass is 10.0. The molecule has 0 heterocycles. The van der Waals surface area contributed by atoms with Crippen LogP contribution in [0, 0.1) is 10.1 Å². The minimum absolute atomic E-state index is 0.188. The average Bonchev–Trinajstić information content (AvgIpc) is 2.57. The Kier molecular flexibility index (Phi) is 5.88. The first kappa shape index (κ1) is 18.9. The van der Waals surface area contributed by atoms with Crippen LogP contribution in [0.5, 0.6) is 0 Å². The van der Waals surface area contributed by atoms with Crippen molar-refractivity contribution in [3.8, 4) is 0 Å². The Morgan fingerprint density at radius 2 is 1.83 bits per heavy atom. The second kappa shape index (κ2) is 7.44. The van der Waals surface area contributed by atoms with Gasteiger partial charge in [0.25, 0.3) is 17.5 Å². The van der Waals surface area contributed by atoms with Gasteiger partial charge in [-0.3, -0.25) is 34.2 Å². The van der Waals surface area contributed by atoms with Crippen molar-refractivity contribution in [2.75, 3.05) is 14.1 Å². The number of benzene rings is 1. The normalized spacial score (nSPS) is 11.3. The Hall–Kier alpha value is -3.10. The molecular formula is C15H17N3O6. The number of carbonyl (C=O) groups excluding carboxylic acids is 4. The van der Waals surface area contributed by atoms with Crippen molar-refractivity contribution in [2.24, 2.45) is 0 Å². The zero-order valence-electron chi connectivity index (χ0n) is 13.7. The summed E-state index contributed by atoms with van der Waals surface area (Å²) in [5.74, 6) is -1.84. The number of rotatable bonds is 5. The lowest BCUT2D eigenvalue weighted by Gasteiger charge is -2.27. The number of imide groups is 1. The first-order valence-electron chi connectivity index (χ1n) is 6.91. The van der Waals surface area contributed by atoms with Crippen LogP contribution < -0.4 is 0 Å². The van der Waals surface area contributed by atoms with E-state index in [4.69, 9.17) is 0 Å². The van der Waals surface area contributed by atoms with Crippen LogP contribution in [0.4, 0.5) is 5.69 Å². The molecule has 24 heavy (non-hydrogen) atoms. The predicted octanol–water partition coefficient (Wildman–Crippen LogP) is 0.873. The molecule has 0 aliphatic rings. The Bertz CT molecular complexity index is 715. The molecule has 1 unspecified atom stereocenters. The molecule has 1 atom stereocenters. The molecule has 0 fully saturated rings. The first-order chi connectivity index (χ1) is 11.1. The molecular weight excluding hydrogens is 318 g/mol. The third-order valence-electron chi connectivity index (χ3n) is 3.69. The summed E-state index contributed by atoms with van der Waals surface area (Å²) in [6, 6.07) is 2.66. The molecule has 0 saturated heterocycles. The maximum atomic E-state index is 12.5. The largest absolute Gasteiger partial charge is 0.330 e. The quantitative estimate of drug-likeness (QED) is 0.447. The second-order valence-corrected chi connectivity index (χ2v) is 5.12. The molecule has 0 N–H and O–H groups in total. The average molecular weight is 335 g/mol. The highest BCUT2D eigenvalue weighted by Gasteiger charge is 2.30. The smallest absolute Gasteiger partial charge is 0.280 e. The molecule has 128 valence electrons. The van der Waals surface area contributed by atoms with Crippen molar-refractivity contribution in [2.45, 2.75) is 19.9 Å². The Labute approximate surface area is 138 Å². The molecule has 1 rings (SSSR count). The summed E-state index contributed by atoms with van der Waals surface area (Å²) >= 11 is 0. The molecule has 0 bridgehead atoms. The molecule has 0 aliphatic carbocycles. The number of aldehydes is 1. The monoisotopic (exact) mass is 335 g/mol. The summed E-state index contributed by atoms with van der Waals surface area (Å²) in [6.45, 7) is 2.62. The van der Waals surface area contributed by atoms with Crippen molar-refractivity contribution in [1.82, 2.24) is 9.80 Å². The fourth-order valence-electron chi connectivity index (χ4n) is 1.99. The van der Waals surface area contributed by atoms with Crippen LogP contribution in [0.15, 0.2) is 18.2 Å². The zero-order valence-corrected chi connectivity index (χ0v) is 13.7. The standard InChI is InChI=1S/C15H17N3O6/c1-9(14(21)17(4)10(2)20)16(3)15(22)11-6-5-7-13(18(23)24)12(11)8-19/h5-9H,1-4H3. The molecule has 0 aliphatic heterocycles. The number of hydrogen-bond donors (Lipinski definition) is 0. The number of likely N-dealkylation sites (N-methyl/N-ethyl adjacent to an activating group) is 2. The number of nitrogens with zero attached hydrogens (tertiary/aromatic N) is 3. The van der Waals surface area contributed by atoms with E-state index in [0.29, 0.717) is 0 Å². The highest BCUT2D eigenvalue weighted by atomic mass is 16.6. The van der Waals surface area contributed by atoms with Crippen LogP contribution in [-0.4, -0.2) is 58.9 Å². The lowest BCUT2D eigenvalue weighted by molar-refractivity contribution is -0.385. The van der Waals surface area contributed by atoms with Gasteiger partial charge in [0, 0.05) is 27.1 Å². The molecule has 1 aromatic rings. The summed E-state index contributed by atoms with van der Waals surface area (Å²) in [6.07, 6.45) is 0.230. The van der Waals surface area contributed by atoms with Gasteiger partial charge in [0.2, 0.25) is 5.91 Å². The molecule has 3 amide bonds. The van der Waals surface area contributed by atoms with Crippen LogP contribution in [0.2, 0.25) is 0 Å². The number of hydrogen-bond acceptors (Lipinski definition) is 6. The van der Waals surface area contributed by atoms with Crippen LogP contribution in [0.1, 0.15) is 34.6 Å². The van der Waals surface area contributed by atoms with Crippen molar-refractivity contribution in [1.29, 1.82) is 0 Å². The summed E-state index contributed by atoms with van der Waals surface area (Å²) in [5.41, 5.74) is -1.05. The molecule has 0 saturated carbocycles. The molecule has 0 radical (unpaired) electrons. The van der Waals surface area contributed by atoms with Gasteiger partial charge in [-0.15, -0.1) is 0 Å². The van der Waals surface area contributed by atoms with E-state index in [0.717, 1.165) is 15.9 Å². The fraction of sp³-hybridized carbons (Fsp3) is 0.333. The fourth-order valence-corrected chi connectivity index (χ4v) is 1.99. The van der Waals surface area contributed by atoms with Crippen molar-refractivity contribution in [3.63, 3.8) is 0 Å². The van der Waals surface area contributed by atoms with E-state index in [1.165, 1.54) is 40.1 Å². The Balaban J connectivity index is 3.20. The Morgan fingerprint density at radius 1 is 1.25 bits per heavy atom. The highest BCUT2D eigenvalue weighted by Crippen LogP contribution is 2.22. The predicted molar refractivity (Wildman–Crippen MR) is 83.5 cm³/mol. The van der Waals surface area contributed by atoms with E-state index in [1.807, 2.05) is 0 Å². The summed E-state index contributed by atoms with van der Waals surface area (Å²) in [5, 5.41) is 11.0. The third kappa shape index (κ3) is 3.62. The van der Waals surface area contributed by atoms with E-state index in [9.17, 15) is 29.3 Å². The molecule has 9 nitrogen and oxygen atoms in total. The maximum Gasteiger partial charge on any atom is 0.280 e. The number of amides is 3.